The zero-order valence-electron chi connectivity index (χ0n) is 16.3. The molecule has 0 aromatic heterocycles. The Labute approximate surface area is 173 Å². The molecule has 0 spiro atoms. The van der Waals surface area contributed by atoms with E-state index in [1.54, 1.807) is 24.3 Å². The normalized spacial score (nSPS) is 10.6. The van der Waals surface area contributed by atoms with E-state index in [4.69, 9.17) is 4.74 Å². The minimum atomic E-state index is -0.668. The van der Waals surface area contributed by atoms with Gasteiger partial charge in [-0.05, 0) is 55.0 Å². The van der Waals surface area contributed by atoms with Gasteiger partial charge in [-0.1, -0.05) is 35.9 Å². The third-order valence-electron chi connectivity index (χ3n) is 4.04. The largest absolute Gasteiger partial charge is 0.423 e. The van der Waals surface area contributed by atoms with Crippen molar-refractivity contribution in [2.75, 3.05) is 11.9 Å². The molecular weight excluding hydrogens is 385 g/mol. The van der Waals surface area contributed by atoms with Crippen LogP contribution in [0.1, 0.15) is 21.5 Å². The maximum absolute atomic E-state index is 13.2. The van der Waals surface area contributed by atoms with Crippen molar-refractivity contribution in [2.45, 2.75) is 6.92 Å². The number of hydrogen-bond acceptors (Lipinski definition) is 5. The topological polar surface area (TPSA) is 79.8 Å². The zero-order chi connectivity index (χ0) is 21.3. The van der Waals surface area contributed by atoms with Gasteiger partial charge in [-0.2, -0.15) is 5.10 Å². The summed E-state index contributed by atoms with van der Waals surface area (Å²) in [4.78, 5) is 24.0. The van der Waals surface area contributed by atoms with Gasteiger partial charge in [0.25, 0.3) is 5.91 Å². The third kappa shape index (κ3) is 6.27. The predicted molar refractivity (Wildman–Crippen MR) is 113 cm³/mol. The molecule has 0 bridgehead atoms. The molecule has 1 amide bonds. The zero-order valence-corrected chi connectivity index (χ0v) is 16.3. The Morgan fingerprint density at radius 2 is 1.80 bits per heavy atom. The number of nitrogens with zero attached hydrogens (tertiary/aromatic N) is 1. The second-order valence-electron chi connectivity index (χ2n) is 6.49. The number of benzene rings is 3. The molecule has 0 aliphatic rings. The van der Waals surface area contributed by atoms with Crippen LogP contribution in [0, 0.1) is 12.7 Å². The molecule has 0 saturated carbocycles. The van der Waals surface area contributed by atoms with Crippen LogP contribution in [0.3, 0.4) is 0 Å². The molecule has 3 aromatic carbocycles. The van der Waals surface area contributed by atoms with Crippen LogP contribution in [0.4, 0.5) is 10.1 Å². The minimum Gasteiger partial charge on any atom is -0.423 e. The van der Waals surface area contributed by atoms with Gasteiger partial charge in [-0.25, -0.2) is 14.6 Å². The molecule has 6 nitrogen and oxygen atoms in total. The van der Waals surface area contributed by atoms with E-state index in [1.165, 1.54) is 24.4 Å². The van der Waals surface area contributed by atoms with Crippen molar-refractivity contribution in [3.05, 3.63) is 95.3 Å². The number of amides is 1. The fourth-order valence-corrected chi connectivity index (χ4v) is 2.51. The highest BCUT2D eigenvalue weighted by molar-refractivity contribution is 5.91. The number of ether oxygens (including phenoxy) is 1. The van der Waals surface area contributed by atoms with Crippen LogP contribution in [-0.4, -0.2) is 24.6 Å². The lowest BCUT2D eigenvalue weighted by Crippen LogP contribution is -2.25. The summed E-state index contributed by atoms with van der Waals surface area (Å²) in [5.41, 5.74) is 5.13. The SMILES string of the molecule is Cc1ccc(NCC(=O)N/N=C/c2cccc(OC(=O)c3cccc(F)c3)c2)cc1. The predicted octanol–water partition coefficient (Wildman–Crippen LogP) is 3.92. The Morgan fingerprint density at radius 1 is 1.03 bits per heavy atom. The van der Waals surface area contributed by atoms with E-state index >= 15 is 0 Å². The molecule has 3 aromatic rings. The number of carbonyl (C=O) groups excluding carboxylic acids is 2. The number of hydrogen-bond donors (Lipinski definition) is 2. The van der Waals surface area contributed by atoms with Crippen LogP contribution < -0.4 is 15.5 Å². The van der Waals surface area contributed by atoms with Crippen molar-refractivity contribution in [1.29, 1.82) is 0 Å². The van der Waals surface area contributed by atoms with Gasteiger partial charge in [-0.15, -0.1) is 0 Å². The average Bonchev–Trinajstić information content (AvgIpc) is 2.73. The van der Waals surface area contributed by atoms with E-state index in [0.717, 1.165) is 17.3 Å². The van der Waals surface area contributed by atoms with Crippen LogP contribution in [-0.2, 0) is 4.79 Å². The Hall–Kier alpha value is -4.00. The lowest BCUT2D eigenvalue weighted by molar-refractivity contribution is -0.119. The van der Waals surface area contributed by atoms with Crippen molar-refractivity contribution < 1.29 is 18.7 Å². The first kappa shape index (κ1) is 20.7. The summed E-state index contributed by atoms with van der Waals surface area (Å²) in [6, 6.07) is 19.5. The molecule has 0 aliphatic heterocycles. The first-order valence-electron chi connectivity index (χ1n) is 9.20. The number of halogens is 1. The molecule has 0 heterocycles. The second kappa shape index (κ2) is 9.97. The van der Waals surface area contributed by atoms with Crippen molar-refractivity contribution in [3.8, 4) is 5.75 Å². The van der Waals surface area contributed by atoms with Crippen molar-refractivity contribution in [1.82, 2.24) is 5.43 Å². The third-order valence-corrected chi connectivity index (χ3v) is 4.04. The van der Waals surface area contributed by atoms with Gasteiger partial charge in [0.05, 0.1) is 18.3 Å². The van der Waals surface area contributed by atoms with Crippen LogP contribution in [0.5, 0.6) is 5.75 Å². The van der Waals surface area contributed by atoms with E-state index in [-0.39, 0.29) is 23.8 Å². The molecule has 0 aliphatic carbocycles. The molecule has 7 heteroatoms. The van der Waals surface area contributed by atoms with Gasteiger partial charge in [0.15, 0.2) is 0 Å². The van der Waals surface area contributed by atoms with E-state index in [0.29, 0.717) is 5.56 Å². The number of anilines is 1. The number of esters is 1. The molecule has 152 valence electrons. The van der Waals surface area contributed by atoms with E-state index in [2.05, 4.69) is 15.8 Å². The van der Waals surface area contributed by atoms with E-state index in [9.17, 15) is 14.0 Å². The molecule has 0 atom stereocenters. The summed E-state index contributed by atoms with van der Waals surface area (Å²) in [5, 5.41) is 6.90. The summed E-state index contributed by atoms with van der Waals surface area (Å²) in [6.07, 6.45) is 1.43. The van der Waals surface area contributed by atoms with Gasteiger partial charge in [0, 0.05) is 5.69 Å². The number of rotatable bonds is 7. The van der Waals surface area contributed by atoms with Crippen LogP contribution in [0.15, 0.2) is 77.9 Å². The Morgan fingerprint density at radius 3 is 2.57 bits per heavy atom. The van der Waals surface area contributed by atoms with Gasteiger partial charge in [0.1, 0.15) is 11.6 Å². The fourth-order valence-electron chi connectivity index (χ4n) is 2.51. The van der Waals surface area contributed by atoms with Gasteiger partial charge < -0.3 is 10.1 Å². The van der Waals surface area contributed by atoms with Gasteiger partial charge >= 0.3 is 5.97 Å². The Bertz CT molecular complexity index is 1070. The summed E-state index contributed by atoms with van der Waals surface area (Å²) in [6.45, 7) is 2.06. The maximum atomic E-state index is 13.2. The summed E-state index contributed by atoms with van der Waals surface area (Å²) < 4.78 is 18.5. The van der Waals surface area contributed by atoms with Crippen LogP contribution >= 0.6 is 0 Å². The minimum absolute atomic E-state index is 0.0751. The molecule has 2 N–H and O–H groups in total. The molecular formula is C23H20FN3O3. The summed E-state index contributed by atoms with van der Waals surface area (Å²) >= 11 is 0. The lowest BCUT2D eigenvalue weighted by atomic mass is 10.2. The number of nitrogens with one attached hydrogen (secondary N) is 2. The van der Waals surface area contributed by atoms with Crippen LogP contribution in [0.25, 0.3) is 0 Å². The average molecular weight is 405 g/mol. The highest BCUT2D eigenvalue weighted by Crippen LogP contribution is 2.15. The monoisotopic (exact) mass is 405 g/mol. The molecule has 0 fully saturated rings. The Balaban J connectivity index is 1.51. The van der Waals surface area contributed by atoms with Crippen molar-refractivity contribution >= 4 is 23.8 Å². The lowest BCUT2D eigenvalue weighted by Gasteiger charge is -2.06. The standard InChI is InChI=1S/C23H20FN3O3/c1-16-8-10-20(11-9-16)25-15-22(28)27-26-14-17-4-2-7-21(12-17)30-23(29)18-5-3-6-19(24)13-18/h2-14,25H,15H2,1H3,(H,27,28)/b26-14+. The molecule has 3 rings (SSSR count). The first-order chi connectivity index (χ1) is 14.5. The molecule has 0 saturated heterocycles. The number of hydrazone groups is 1. The molecule has 0 unspecified atom stereocenters. The second-order valence-corrected chi connectivity index (χ2v) is 6.49. The number of aryl methyl sites for hydroxylation is 1. The summed E-state index contributed by atoms with van der Waals surface area (Å²) in [7, 11) is 0. The van der Waals surface area contributed by atoms with Gasteiger partial charge in [-0.3, -0.25) is 4.79 Å². The number of carbonyl (C=O) groups is 2. The first-order valence-corrected chi connectivity index (χ1v) is 9.20. The summed E-state index contributed by atoms with van der Waals surface area (Å²) in [5.74, 6) is -1.21. The maximum Gasteiger partial charge on any atom is 0.343 e. The van der Waals surface area contributed by atoms with E-state index < -0.39 is 11.8 Å². The van der Waals surface area contributed by atoms with Crippen molar-refractivity contribution in [3.63, 3.8) is 0 Å². The van der Waals surface area contributed by atoms with Gasteiger partial charge in [0.2, 0.25) is 0 Å². The van der Waals surface area contributed by atoms with Crippen molar-refractivity contribution in [2.24, 2.45) is 5.10 Å². The molecule has 0 radical (unpaired) electrons. The highest BCUT2D eigenvalue weighted by Gasteiger charge is 2.09. The highest BCUT2D eigenvalue weighted by atomic mass is 19.1. The Kier molecular flexibility index (Phi) is 6.89. The smallest absolute Gasteiger partial charge is 0.343 e. The van der Waals surface area contributed by atoms with E-state index in [1.807, 2.05) is 31.2 Å². The molecule has 30 heavy (non-hydrogen) atoms. The van der Waals surface area contributed by atoms with Crippen LogP contribution in [0.2, 0.25) is 0 Å². The fraction of sp³-hybridized carbons (Fsp3) is 0.0870. The quantitative estimate of drug-likeness (QED) is 0.270.